The molecule has 2 aromatic heterocycles. The van der Waals surface area contributed by atoms with E-state index in [2.05, 4.69) is 15.3 Å². The van der Waals surface area contributed by atoms with E-state index in [9.17, 15) is 5.11 Å². The Hall–Kier alpha value is -2.05. The van der Waals surface area contributed by atoms with E-state index in [-0.39, 0.29) is 11.8 Å². The summed E-state index contributed by atoms with van der Waals surface area (Å²) in [5.41, 5.74) is 9.19. The van der Waals surface area contributed by atoms with E-state index in [4.69, 9.17) is 5.73 Å². The molecule has 3 aromatic rings. The molecule has 0 radical (unpaired) electrons. The van der Waals surface area contributed by atoms with Crippen molar-refractivity contribution in [3.8, 4) is 5.75 Å². The second-order valence-electron chi connectivity index (χ2n) is 4.68. The molecule has 1 atom stereocenters. The number of nitrogens with two attached hydrogens (primary N) is 1. The molecule has 5 N–H and O–H groups in total. The van der Waals surface area contributed by atoms with Crippen LogP contribution in [0.15, 0.2) is 29.8 Å². The van der Waals surface area contributed by atoms with Crippen LogP contribution in [0.1, 0.15) is 17.3 Å². The molecule has 5 nitrogen and oxygen atoms in total. The summed E-state index contributed by atoms with van der Waals surface area (Å²) in [7, 11) is 1.84. The van der Waals surface area contributed by atoms with Gasteiger partial charge in [-0.3, -0.25) is 0 Å². The largest absolute Gasteiger partial charge is 0.508 e. The van der Waals surface area contributed by atoms with Gasteiger partial charge in [-0.1, -0.05) is 0 Å². The average Bonchev–Trinajstić information content (AvgIpc) is 3.06. The maximum atomic E-state index is 9.60. The van der Waals surface area contributed by atoms with Crippen molar-refractivity contribution in [2.45, 2.75) is 12.5 Å². The highest BCUT2D eigenvalue weighted by Gasteiger charge is 2.14. The fourth-order valence-electron chi connectivity index (χ4n) is 2.25. The summed E-state index contributed by atoms with van der Waals surface area (Å²) in [4.78, 5) is 7.62. The Labute approximate surface area is 120 Å². The lowest BCUT2D eigenvalue weighted by atomic mass is 10.0. The highest BCUT2D eigenvalue weighted by Crippen LogP contribution is 2.27. The molecule has 104 valence electrons. The van der Waals surface area contributed by atoms with E-state index in [1.54, 1.807) is 23.5 Å². The number of phenols is 1. The fraction of sp³-hybridized carbons (Fsp3) is 0.214. The van der Waals surface area contributed by atoms with Crippen LogP contribution in [0.2, 0.25) is 0 Å². The van der Waals surface area contributed by atoms with Crippen molar-refractivity contribution >= 4 is 27.4 Å². The van der Waals surface area contributed by atoms with E-state index in [0.717, 1.165) is 27.3 Å². The summed E-state index contributed by atoms with van der Waals surface area (Å²) in [6.45, 7) is 0. The number of aromatic amines is 1. The van der Waals surface area contributed by atoms with Crippen LogP contribution in [-0.2, 0) is 6.42 Å². The molecule has 0 saturated carbocycles. The minimum absolute atomic E-state index is 0.158. The van der Waals surface area contributed by atoms with Gasteiger partial charge < -0.3 is 21.1 Å². The Kier molecular flexibility index (Phi) is 3.33. The fourth-order valence-corrected chi connectivity index (χ4v) is 2.98. The van der Waals surface area contributed by atoms with E-state index in [0.29, 0.717) is 6.42 Å². The Balaban J connectivity index is 1.87. The number of nitrogens with zero attached hydrogens (tertiary/aromatic N) is 1. The number of hydrogen-bond donors (Lipinski definition) is 4. The zero-order valence-corrected chi connectivity index (χ0v) is 11.9. The molecular formula is C14H16N4OS. The summed E-state index contributed by atoms with van der Waals surface area (Å²) in [6.07, 6.45) is 2.62. The zero-order chi connectivity index (χ0) is 14.1. The van der Waals surface area contributed by atoms with Crippen molar-refractivity contribution in [3.63, 3.8) is 0 Å². The van der Waals surface area contributed by atoms with Gasteiger partial charge in [0, 0.05) is 29.5 Å². The van der Waals surface area contributed by atoms with Crippen LogP contribution >= 0.6 is 11.3 Å². The van der Waals surface area contributed by atoms with Gasteiger partial charge in [0.2, 0.25) is 0 Å². The summed E-state index contributed by atoms with van der Waals surface area (Å²) in [5.74, 6) is 0.262. The number of rotatable bonds is 4. The van der Waals surface area contributed by atoms with E-state index in [1.165, 1.54) is 0 Å². The molecule has 2 heterocycles. The van der Waals surface area contributed by atoms with Gasteiger partial charge in [0.1, 0.15) is 5.75 Å². The minimum atomic E-state index is -0.158. The monoisotopic (exact) mass is 288 g/mol. The first-order valence-electron chi connectivity index (χ1n) is 6.35. The summed E-state index contributed by atoms with van der Waals surface area (Å²) in [5, 5.41) is 16.5. The number of hydrogen-bond acceptors (Lipinski definition) is 5. The molecule has 20 heavy (non-hydrogen) atoms. The third-order valence-corrected chi connectivity index (χ3v) is 4.18. The first-order chi connectivity index (χ1) is 9.67. The molecule has 0 aliphatic carbocycles. The van der Waals surface area contributed by atoms with Crippen LogP contribution in [0.4, 0.5) is 5.13 Å². The lowest BCUT2D eigenvalue weighted by molar-refractivity contribution is 0.476. The average molecular weight is 288 g/mol. The number of aromatic nitrogens is 2. The van der Waals surface area contributed by atoms with E-state index in [1.807, 2.05) is 24.7 Å². The summed E-state index contributed by atoms with van der Waals surface area (Å²) >= 11 is 1.55. The van der Waals surface area contributed by atoms with Gasteiger partial charge in [-0.15, -0.1) is 11.3 Å². The molecule has 0 aliphatic heterocycles. The number of nitrogens with one attached hydrogen (secondary N) is 2. The SMILES string of the molecule is CNc1nc([C@@H](N)Cc2c[nH]c3ccc(O)cc23)cs1. The molecule has 0 unspecified atom stereocenters. The maximum Gasteiger partial charge on any atom is 0.182 e. The molecule has 6 heteroatoms. The molecule has 3 rings (SSSR count). The van der Waals surface area contributed by atoms with Gasteiger partial charge in [0.25, 0.3) is 0 Å². The molecule has 0 fully saturated rings. The highest BCUT2D eigenvalue weighted by atomic mass is 32.1. The molecule has 0 bridgehead atoms. The van der Waals surface area contributed by atoms with Crippen molar-refractivity contribution in [2.24, 2.45) is 5.73 Å². The van der Waals surface area contributed by atoms with Crippen LogP contribution in [0.25, 0.3) is 10.9 Å². The quantitative estimate of drug-likeness (QED) is 0.594. The predicted octanol–water partition coefficient (Wildman–Crippen LogP) is 2.61. The Morgan fingerprint density at radius 2 is 2.35 bits per heavy atom. The van der Waals surface area contributed by atoms with Crippen molar-refractivity contribution < 1.29 is 5.11 Å². The Bertz CT molecular complexity index is 734. The number of benzene rings is 1. The minimum Gasteiger partial charge on any atom is -0.508 e. The van der Waals surface area contributed by atoms with Crippen molar-refractivity contribution in [1.82, 2.24) is 9.97 Å². The zero-order valence-electron chi connectivity index (χ0n) is 11.1. The molecule has 0 amide bonds. The number of phenolic OH excluding ortho intramolecular Hbond substituents is 1. The molecule has 0 saturated heterocycles. The molecule has 1 aromatic carbocycles. The van der Waals surface area contributed by atoms with Crippen LogP contribution in [-0.4, -0.2) is 22.1 Å². The second-order valence-corrected chi connectivity index (χ2v) is 5.54. The van der Waals surface area contributed by atoms with E-state index < -0.39 is 0 Å². The number of H-pyrrole nitrogens is 1. The highest BCUT2D eigenvalue weighted by molar-refractivity contribution is 7.13. The number of thiazole rings is 1. The van der Waals surface area contributed by atoms with Gasteiger partial charge in [-0.05, 0) is 30.2 Å². The maximum absolute atomic E-state index is 9.60. The molecule has 0 aliphatic rings. The second kappa shape index (κ2) is 5.15. The van der Waals surface area contributed by atoms with Gasteiger partial charge >= 0.3 is 0 Å². The molecule has 0 spiro atoms. The molecular weight excluding hydrogens is 272 g/mol. The normalized spacial score (nSPS) is 12.7. The number of anilines is 1. The van der Waals surface area contributed by atoms with Crippen LogP contribution in [0.3, 0.4) is 0 Å². The Morgan fingerprint density at radius 3 is 3.10 bits per heavy atom. The van der Waals surface area contributed by atoms with Gasteiger partial charge in [-0.25, -0.2) is 4.98 Å². The van der Waals surface area contributed by atoms with E-state index >= 15 is 0 Å². The number of aromatic hydroxyl groups is 1. The van der Waals surface area contributed by atoms with Crippen molar-refractivity contribution in [3.05, 3.63) is 41.0 Å². The Morgan fingerprint density at radius 1 is 1.50 bits per heavy atom. The summed E-state index contributed by atoms with van der Waals surface area (Å²) < 4.78 is 0. The summed E-state index contributed by atoms with van der Waals surface area (Å²) in [6, 6.07) is 5.13. The van der Waals surface area contributed by atoms with Crippen LogP contribution in [0, 0.1) is 0 Å². The van der Waals surface area contributed by atoms with Crippen LogP contribution in [0.5, 0.6) is 5.75 Å². The third-order valence-electron chi connectivity index (χ3n) is 3.31. The van der Waals surface area contributed by atoms with Gasteiger partial charge in [-0.2, -0.15) is 0 Å². The van der Waals surface area contributed by atoms with Gasteiger partial charge in [0.05, 0.1) is 11.7 Å². The topological polar surface area (TPSA) is 87.0 Å². The third kappa shape index (κ3) is 2.35. The lowest BCUT2D eigenvalue weighted by Crippen LogP contribution is -2.13. The standard InChI is InChI=1S/C14H16N4OS/c1-16-14-18-13(7-20-14)11(15)4-8-6-17-12-3-2-9(19)5-10(8)12/h2-3,5-7,11,17,19H,4,15H2,1H3,(H,16,18)/t11-/m0/s1. The van der Waals surface area contributed by atoms with Crippen molar-refractivity contribution in [2.75, 3.05) is 12.4 Å². The first kappa shape index (κ1) is 13.0. The van der Waals surface area contributed by atoms with Crippen LogP contribution < -0.4 is 11.1 Å². The predicted molar refractivity (Wildman–Crippen MR) is 82.3 cm³/mol. The smallest absolute Gasteiger partial charge is 0.182 e. The number of fused-ring (bicyclic) bond motifs is 1. The van der Waals surface area contributed by atoms with Crippen molar-refractivity contribution in [1.29, 1.82) is 0 Å². The first-order valence-corrected chi connectivity index (χ1v) is 7.23. The van der Waals surface area contributed by atoms with Gasteiger partial charge in [0.15, 0.2) is 5.13 Å². The lowest BCUT2D eigenvalue weighted by Gasteiger charge is -2.08.